The van der Waals surface area contributed by atoms with Gasteiger partial charge in [0, 0.05) is 6.54 Å². The number of rotatable bonds is 8. The van der Waals surface area contributed by atoms with Crippen molar-refractivity contribution in [3.05, 3.63) is 0 Å². The van der Waals surface area contributed by atoms with E-state index in [1.54, 1.807) is 0 Å². The Balaban J connectivity index is 3.91. The maximum atomic E-state index is 11.4. The molecule has 3 N–H and O–H groups in total. The number of hydrogen-bond donors (Lipinski definition) is 3. The van der Waals surface area contributed by atoms with E-state index < -0.39 is 18.0 Å². The van der Waals surface area contributed by atoms with Crippen molar-refractivity contribution in [1.82, 2.24) is 10.6 Å². The molecule has 100 valence electrons. The lowest BCUT2D eigenvalue weighted by Crippen LogP contribution is -2.46. The quantitative estimate of drug-likeness (QED) is 0.571. The number of nitrogens with one attached hydrogen (secondary N) is 2. The lowest BCUT2D eigenvalue weighted by atomic mass is 10.0. The van der Waals surface area contributed by atoms with Gasteiger partial charge in [-0.15, -0.1) is 0 Å². The number of hydrogen-bond acceptors (Lipinski definition) is 2. The molecule has 0 saturated heterocycles. The van der Waals surface area contributed by atoms with Crippen LogP contribution in [-0.4, -0.2) is 29.7 Å². The monoisotopic (exact) mass is 244 g/mol. The third-order valence-electron chi connectivity index (χ3n) is 2.38. The Bertz CT molecular complexity index is 242. The molecule has 0 aromatic carbocycles. The molecule has 5 nitrogen and oxygen atoms in total. The number of urea groups is 1. The zero-order valence-corrected chi connectivity index (χ0v) is 11.0. The molecule has 0 saturated carbocycles. The Morgan fingerprint density at radius 2 is 1.88 bits per heavy atom. The first-order chi connectivity index (χ1) is 7.97. The van der Waals surface area contributed by atoms with Crippen molar-refractivity contribution in [2.75, 3.05) is 6.54 Å². The SMILES string of the molecule is CCCCCNC(=O)NC(CC(C)C)C(=O)O. The van der Waals surface area contributed by atoms with Gasteiger partial charge in [-0.05, 0) is 18.8 Å². The fourth-order valence-electron chi connectivity index (χ4n) is 1.48. The van der Waals surface area contributed by atoms with Crippen LogP contribution in [0.2, 0.25) is 0 Å². The molecule has 0 aromatic rings. The number of unbranched alkanes of at least 4 members (excludes halogenated alkanes) is 2. The van der Waals surface area contributed by atoms with Crippen molar-refractivity contribution in [3.8, 4) is 0 Å². The number of carbonyl (C=O) groups is 2. The molecule has 0 fully saturated rings. The summed E-state index contributed by atoms with van der Waals surface area (Å²) < 4.78 is 0. The Hall–Kier alpha value is -1.26. The summed E-state index contributed by atoms with van der Waals surface area (Å²) in [6.07, 6.45) is 3.52. The molecule has 0 aliphatic heterocycles. The average molecular weight is 244 g/mol. The van der Waals surface area contributed by atoms with Crippen LogP contribution < -0.4 is 10.6 Å². The summed E-state index contributed by atoms with van der Waals surface area (Å²) in [7, 11) is 0. The van der Waals surface area contributed by atoms with Crippen molar-refractivity contribution >= 4 is 12.0 Å². The summed E-state index contributed by atoms with van der Waals surface area (Å²) in [4.78, 5) is 22.3. The highest BCUT2D eigenvalue weighted by molar-refractivity contribution is 5.82. The molecule has 0 radical (unpaired) electrons. The van der Waals surface area contributed by atoms with E-state index in [4.69, 9.17) is 5.11 Å². The van der Waals surface area contributed by atoms with Crippen LogP contribution in [0.4, 0.5) is 4.79 Å². The first kappa shape index (κ1) is 15.7. The summed E-state index contributed by atoms with van der Waals surface area (Å²) in [6, 6.07) is -1.20. The minimum absolute atomic E-state index is 0.233. The molecule has 0 aromatic heterocycles. The van der Waals surface area contributed by atoms with Crippen LogP contribution in [0.3, 0.4) is 0 Å². The Morgan fingerprint density at radius 1 is 1.24 bits per heavy atom. The molecule has 0 heterocycles. The molecule has 0 aliphatic carbocycles. The molecule has 0 spiro atoms. The van der Waals surface area contributed by atoms with Gasteiger partial charge in [-0.3, -0.25) is 0 Å². The second-order valence-electron chi connectivity index (χ2n) is 4.63. The highest BCUT2D eigenvalue weighted by atomic mass is 16.4. The maximum Gasteiger partial charge on any atom is 0.326 e. The van der Waals surface area contributed by atoms with Crippen LogP contribution in [0.5, 0.6) is 0 Å². The minimum Gasteiger partial charge on any atom is -0.480 e. The normalized spacial score (nSPS) is 12.2. The van der Waals surface area contributed by atoms with Crippen LogP contribution in [0.15, 0.2) is 0 Å². The second kappa shape index (κ2) is 8.84. The van der Waals surface area contributed by atoms with E-state index in [2.05, 4.69) is 17.6 Å². The number of carboxylic acids is 1. The van der Waals surface area contributed by atoms with Crippen LogP contribution in [0.1, 0.15) is 46.5 Å². The summed E-state index contributed by atoms with van der Waals surface area (Å²) in [5, 5.41) is 14.1. The largest absolute Gasteiger partial charge is 0.480 e. The zero-order chi connectivity index (χ0) is 13.3. The third kappa shape index (κ3) is 8.54. The smallest absolute Gasteiger partial charge is 0.326 e. The topological polar surface area (TPSA) is 78.4 Å². The van der Waals surface area contributed by atoms with Crippen LogP contribution >= 0.6 is 0 Å². The van der Waals surface area contributed by atoms with Gasteiger partial charge < -0.3 is 15.7 Å². The van der Waals surface area contributed by atoms with Gasteiger partial charge in [0.05, 0.1) is 0 Å². The number of carbonyl (C=O) groups excluding carboxylic acids is 1. The van der Waals surface area contributed by atoms with Crippen molar-refractivity contribution in [2.45, 2.75) is 52.5 Å². The minimum atomic E-state index is -0.984. The van der Waals surface area contributed by atoms with E-state index in [9.17, 15) is 9.59 Å². The molecule has 1 unspecified atom stereocenters. The highest BCUT2D eigenvalue weighted by Gasteiger charge is 2.20. The molecule has 5 heteroatoms. The van der Waals surface area contributed by atoms with Gasteiger partial charge in [0.15, 0.2) is 0 Å². The molecule has 0 aliphatic rings. The van der Waals surface area contributed by atoms with E-state index in [-0.39, 0.29) is 5.92 Å². The second-order valence-corrected chi connectivity index (χ2v) is 4.63. The van der Waals surface area contributed by atoms with Gasteiger partial charge in [0.1, 0.15) is 6.04 Å². The standard InChI is InChI=1S/C12H24N2O3/c1-4-5-6-7-13-12(17)14-10(11(15)16)8-9(2)3/h9-10H,4-8H2,1-3H3,(H,15,16)(H2,13,14,17). The van der Waals surface area contributed by atoms with Gasteiger partial charge in [0.25, 0.3) is 0 Å². The van der Waals surface area contributed by atoms with Gasteiger partial charge in [-0.25, -0.2) is 9.59 Å². The zero-order valence-electron chi connectivity index (χ0n) is 11.0. The first-order valence-corrected chi connectivity index (χ1v) is 6.24. The lowest BCUT2D eigenvalue weighted by Gasteiger charge is -2.16. The third-order valence-corrected chi connectivity index (χ3v) is 2.38. The Labute approximate surface area is 103 Å². The number of carboxylic acid groups (broad SMARTS) is 1. The average Bonchev–Trinajstić information content (AvgIpc) is 2.22. The molecule has 1 atom stereocenters. The van der Waals surface area contributed by atoms with Crippen molar-refractivity contribution in [3.63, 3.8) is 0 Å². The summed E-state index contributed by atoms with van der Waals surface area (Å²) in [5.74, 6) is -0.751. The van der Waals surface area contributed by atoms with Crippen LogP contribution in [0.25, 0.3) is 0 Å². The van der Waals surface area contributed by atoms with E-state index in [0.717, 1.165) is 19.3 Å². The summed E-state index contributed by atoms with van der Waals surface area (Å²) in [6.45, 7) is 6.53. The van der Waals surface area contributed by atoms with Crippen molar-refractivity contribution in [2.24, 2.45) is 5.92 Å². The Kier molecular flexibility index (Phi) is 8.19. The molecule has 2 amide bonds. The predicted octanol–water partition coefficient (Wildman–Crippen LogP) is 1.98. The Morgan fingerprint density at radius 3 is 2.35 bits per heavy atom. The molecular weight excluding hydrogens is 220 g/mol. The van der Waals surface area contributed by atoms with Gasteiger partial charge in [-0.1, -0.05) is 33.6 Å². The predicted molar refractivity (Wildman–Crippen MR) is 66.9 cm³/mol. The molecule has 17 heavy (non-hydrogen) atoms. The van der Waals surface area contributed by atoms with E-state index in [1.807, 2.05) is 13.8 Å². The van der Waals surface area contributed by atoms with Crippen molar-refractivity contribution < 1.29 is 14.7 Å². The van der Waals surface area contributed by atoms with Crippen LogP contribution in [0, 0.1) is 5.92 Å². The molecule has 0 rings (SSSR count). The number of amides is 2. The molecule has 0 bridgehead atoms. The summed E-state index contributed by atoms with van der Waals surface area (Å²) in [5.41, 5.74) is 0. The maximum absolute atomic E-state index is 11.4. The highest BCUT2D eigenvalue weighted by Crippen LogP contribution is 2.04. The molecular formula is C12H24N2O3. The van der Waals surface area contributed by atoms with E-state index >= 15 is 0 Å². The fourth-order valence-corrected chi connectivity index (χ4v) is 1.48. The summed E-state index contributed by atoms with van der Waals surface area (Å²) >= 11 is 0. The fraction of sp³-hybridized carbons (Fsp3) is 0.833. The van der Waals surface area contributed by atoms with E-state index in [0.29, 0.717) is 13.0 Å². The van der Waals surface area contributed by atoms with E-state index in [1.165, 1.54) is 0 Å². The van der Waals surface area contributed by atoms with Crippen molar-refractivity contribution in [1.29, 1.82) is 0 Å². The van der Waals surface area contributed by atoms with Crippen LogP contribution in [-0.2, 0) is 4.79 Å². The lowest BCUT2D eigenvalue weighted by molar-refractivity contribution is -0.139. The van der Waals surface area contributed by atoms with Gasteiger partial charge in [0.2, 0.25) is 0 Å². The first-order valence-electron chi connectivity index (χ1n) is 6.24. The van der Waals surface area contributed by atoms with Gasteiger partial charge in [-0.2, -0.15) is 0 Å². The van der Waals surface area contributed by atoms with Gasteiger partial charge >= 0.3 is 12.0 Å². The number of aliphatic carboxylic acids is 1.